The Morgan fingerprint density at radius 1 is 1.41 bits per heavy atom. The highest BCUT2D eigenvalue weighted by Gasteiger charge is 2.03. The maximum Gasteiger partial charge on any atom is 0.328 e. The predicted octanol–water partition coefficient (Wildman–Crippen LogP) is 3.07. The smallest absolute Gasteiger partial charge is 0.328 e. The molecule has 0 saturated heterocycles. The van der Waals surface area contributed by atoms with Crippen LogP contribution in [0.4, 0.5) is 0 Å². The molecule has 2 heterocycles. The Bertz CT molecular complexity index is 580. The second kappa shape index (κ2) is 5.20. The van der Waals surface area contributed by atoms with E-state index in [4.69, 9.17) is 5.11 Å². The van der Waals surface area contributed by atoms with Crippen LogP contribution in [0.2, 0.25) is 0 Å². The van der Waals surface area contributed by atoms with Crippen molar-refractivity contribution in [1.29, 1.82) is 0 Å². The summed E-state index contributed by atoms with van der Waals surface area (Å²) in [5.41, 5.74) is 0.778. The monoisotopic (exact) mass is 310 g/mol. The third-order valence-corrected chi connectivity index (χ3v) is 3.52. The fourth-order valence-electron chi connectivity index (χ4n) is 1.19. The van der Waals surface area contributed by atoms with E-state index < -0.39 is 5.97 Å². The van der Waals surface area contributed by atoms with Gasteiger partial charge in [-0.25, -0.2) is 14.8 Å². The zero-order chi connectivity index (χ0) is 12.3. The third kappa shape index (κ3) is 3.21. The van der Waals surface area contributed by atoms with Crippen molar-refractivity contribution < 1.29 is 9.90 Å². The molecule has 2 aromatic rings. The van der Waals surface area contributed by atoms with Gasteiger partial charge in [-0.3, -0.25) is 0 Å². The molecular formula is C11H7BrN2O2S. The summed E-state index contributed by atoms with van der Waals surface area (Å²) in [4.78, 5) is 19.6. The number of hydrogen-bond acceptors (Lipinski definition) is 4. The van der Waals surface area contributed by atoms with Crippen LogP contribution in [0.3, 0.4) is 0 Å². The van der Waals surface area contributed by atoms with Crippen LogP contribution in [0.5, 0.6) is 0 Å². The van der Waals surface area contributed by atoms with E-state index in [1.807, 2.05) is 12.1 Å². The molecule has 0 unspecified atom stereocenters. The van der Waals surface area contributed by atoms with Gasteiger partial charge in [-0.15, -0.1) is 11.3 Å². The second-order valence-corrected chi connectivity index (χ2v) is 5.54. The number of carbonyl (C=O) groups is 1. The van der Waals surface area contributed by atoms with Crippen LogP contribution in [-0.4, -0.2) is 21.0 Å². The topological polar surface area (TPSA) is 63.1 Å². The van der Waals surface area contributed by atoms with Gasteiger partial charge in [0.2, 0.25) is 0 Å². The molecule has 0 amide bonds. The lowest BCUT2D eigenvalue weighted by atomic mass is 10.3. The van der Waals surface area contributed by atoms with Gasteiger partial charge in [0, 0.05) is 12.3 Å². The molecule has 0 aliphatic heterocycles. The first-order chi connectivity index (χ1) is 8.15. The number of rotatable bonds is 3. The van der Waals surface area contributed by atoms with Crippen molar-refractivity contribution in [2.24, 2.45) is 0 Å². The van der Waals surface area contributed by atoms with Crippen molar-refractivity contribution in [3.8, 4) is 10.6 Å². The van der Waals surface area contributed by atoms with Gasteiger partial charge >= 0.3 is 5.97 Å². The number of thiophene rings is 1. The van der Waals surface area contributed by atoms with Crippen molar-refractivity contribution in [3.05, 3.63) is 40.1 Å². The Morgan fingerprint density at radius 2 is 2.24 bits per heavy atom. The molecule has 86 valence electrons. The van der Waals surface area contributed by atoms with Crippen LogP contribution in [-0.2, 0) is 4.79 Å². The normalized spacial score (nSPS) is 10.9. The fraction of sp³-hybridized carbons (Fsp3) is 0. The molecule has 0 spiro atoms. The predicted molar refractivity (Wildman–Crippen MR) is 69.7 cm³/mol. The zero-order valence-electron chi connectivity index (χ0n) is 8.50. The maximum absolute atomic E-state index is 10.4. The summed E-state index contributed by atoms with van der Waals surface area (Å²) in [5, 5.41) is 8.52. The Hall–Kier alpha value is -1.53. The van der Waals surface area contributed by atoms with Gasteiger partial charge in [0.05, 0.1) is 14.4 Å². The van der Waals surface area contributed by atoms with Crippen LogP contribution in [0.25, 0.3) is 16.6 Å². The average Bonchev–Trinajstić information content (AvgIpc) is 2.74. The molecule has 0 radical (unpaired) electrons. The molecular weight excluding hydrogens is 304 g/mol. The van der Waals surface area contributed by atoms with Crippen LogP contribution in [0.1, 0.15) is 5.82 Å². The van der Waals surface area contributed by atoms with Gasteiger partial charge in [-0.2, -0.15) is 0 Å². The van der Waals surface area contributed by atoms with Crippen LogP contribution >= 0.6 is 27.3 Å². The van der Waals surface area contributed by atoms with Crippen LogP contribution in [0, 0.1) is 0 Å². The highest BCUT2D eigenvalue weighted by atomic mass is 79.9. The molecule has 2 rings (SSSR count). The summed E-state index contributed by atoms with van der Waals surface area (Å²) in [6, 6.07) is 5.67. The number of carboxylic acid groups (broad SMARTS) is 1. The second-order valence-electron chi connectivity index (χ2n) is 3.08. The molecule has 2 aromatic heterocycles. The molecule has 4 nitrogen and oxygen atoms in total. The highest BCUT2D eigenvalue weighted by molar-refractivity contribution is 9.11. The van der Waals surface area contributed by atoms with Gasteiger partial charge in [0.15, 0.2) is 5.82 Å². The largest absolute Gasteiger partial charge is 0.478 e. The molecule has 0 saturated carbocycles. The fourth-order valence-corrected chi connectivity index (χ4v) is 2.54. The third-order valence-electron chi connectivity index (χ3n) is 1.87. The summed E-state index contributed by atoms with van der Waals surface area (Å²) in [5.74, 6) is -0.632. The maximum atomic E-state index is 10.4. The first-order valence-electron chi connectivity index (χ1n) is 4.65. The van der Waals surface area contributed by atoms with E-state index in [2.05, 4.69) is 25.9 Å². The van der Waals surface area contributed by atoms with Gasteiger partial charge in [-0.1, -0.05) is 0 Å². The summed E-state index contributed by atoms with van der Waals surface area (Å²) in [7, 11) is 0. The first-order valence-corrected chi connectivity index (χ1v) is 6.26. The van der Waals surface area contributed by atoms with Gasteiger partial charge < -0.3 is 5.11 Å². The van der Waals surface area contributed by atoms with Gasteiger partial charge in [-0.05, 0) is 40.2 Å². The molecule has 0 aromatic carbocycles. The van der Waals surface area contributed by atoms with E-state index in [1.165, 1.54) is 6.08 Å². The molecule has 0 bridgehead atoms. The minimum Gasteiger partial charge on any atom is -0.478 e. The lowest BCUT2D eigenvalue weighted by Gasteiger charge is -1.97. The Morgan fingerprint density at radius 3 is 2.88 bits per heavy atom. The molecule has 17 heavy (non-hydrogen) atoms. The van der Waals surface area contributed by atoms with Crippen molar-refractivity contribution in [2.45, 2.75) is 0 Å². The lowest BCUT2D eigenvalue weighted by Crippen LogP contribution is -1.91. The van der Waals surface area contributed by atoms with Crippen molar-refractivity contribution >= 4 is 39.3 Å². The Kier molecular flexibility index (Phi) is 3.65. The van der Waals surface area contributed by atoms with Crippen molar-refractivity contribution in [2.75, 3.05) is 0 Å². The summed E-state index contributed by atoms with van der Waals surface area (Å²) in [6.07, 6.45) is 4.00. The van der Waals surface area contributed by atoms with Crippen LogP contribution < -0.4 is 0 Å². The highest BCUT2D eigenvalue weighted by Crippen LogP contribution is 2.29. The number of halogens is 1. The minimum atomic E-state index is -1.02. The quantitative estimate of drug-likeness (QED) is 0.885. The molecule has 0 aliphatic carbocycles. The van der Waals surface area contributed by atoms with E-state index >= 15 is 0 Å². The standard InChI is InChI=1S/C11H7BrN2O2S/c12-9-2-1-8(17-9)7-5-6-13-10(14-7)3-4-11(15)16/h1-6H,(H,15,16)/b4-3+. The zero-order valence-corrected chi connectivity index (χ0v) is 10.9. The average molecular weight is 311 g/mol. The first kappa shape index (κ1) is 11.9. The molecule has 6 heteroatoms. The molecule has 1 N–H and O–H groups in total. The van der Waals surface area contributed by atoms with Crippen molar-refractivity contribution in [3.63, 3.8) is 0 Å². The number of aromatic nitrogens is 2. The number of nitrogens with zero attached hydrogens (tertiary/aromatic N) is 2. The molecule has 0 aliphatic rings. The van der Waals surface area contributed by atoms with E-state index in [9.17, 15) is 4.79 Å². The van der Waals surface area contributed by atoms with Gasteiger partial charge in [0.25, 0.3) is 0 Å². The summed E-state index contributed by atoms with van der Waals surface area (Å²) >= 11 is 4.94. The number of carboxylic acids is 1. The van der Waals surface area contributed by atoms with Crippen molar-refractivity contribution in [1.82, 2.24) is 9.97 Å². The lowest BCUT2D eigenvalue weighted by molar-refractivity contribution is -0.131. The van der Waals surface area contributed by atoms with Crippen LogP contribution in [0.15, 0.2) is 34.3 Å². The SMILES string of the molecule is O=C(O)/C=C/c1nccc(-c2ccc(Br)s2)n1. The Balaban J connectivity index is 2.31. The minimum absolute atomic E-state index is 0.384. The van der Waals surface area contributed by atoms with E-state index in [-0.39, 0.29) is 0 Å². The summed E-state index contributed by atoms with van der Waals surface area (Å²) < 4.78 is 1.02. The van der Waals surface area contributed by atoms with E-state index in [0.29, 0.717) is 5.82 Å². The van der Waals surface area contributed by atoms with E-state index in [0.717, 1.165) is 20.4 Å². The van der Waals surface area contributed by atoms with E-state index in [1.54, 1.807) is 23.6 Å². The Labute approximate surface area is 110 Å². The number of aliphatic carboxylic acids is 1. The summed E-state index contributed by atoms with van der Waals surface area (Å²) in [6.45, 7) is 0. The number of hydrogen-bond donors (Lipinski definition) is 1. The van der Waals surface area contributed by atoms with Gasteiger partial charge in [0.1, 0.15) is 0 Å². The molecule has 0 atom stereocenters. The molecule has 0 fully saturated rings.